The van der Waals surface area contributed by atoms with Crippen molar-refractivity contribution >= 4 is 11.6 Å². The van der Waals surface area contributed by atoms with Gasteiger partial charge in [-0.3, -0.25) is 4.79 Å². The lowest BCUT2D eigenvalue weighted by Crippen LogP contribution is -2.26. The zero-order chi connectivity index (χ0) is 14.0. The summed E-state index contributed by atoms with van der Waals surface area (Å²) in [5.74, 6) is -1.20. The van der Waals surface area contributed by atoms with Crippen LogP contribution in [0.4, 0.5) is 10.1 Å². The van der Waals surface area contributed by atoms with Gasteiger partial charge in [0.1, 0.15) is 17.3 Å². The Kier molecular flexibility index (Phi) is 3.37. The number of aromatic hydroxyl groups is 2. The van der Waals surface area contributed by atoms with Crippen molar-refractivity contribution in [1.29, 1.82) is 0 Å². The number of carbonyl (C=O) groups excluding carboxylic acids is 1. The van der Waals surface area contributed by atoms with E-state index < -0.39 is 5.91 Å². The highest BCUT2D eigenvalue weighted by Gasteiger charge is 2.15. The average Bonchev–Trinajstić information content (AvgIpc) is 2.37. The monoisotopic (exact) mass is 261 g/mol. The van der Waals surface area contributed by atoms with Crippen LogP contribution in [-0.2, 0) is 0 Å². The van der Waals surface area contributed by atoms with Gasteiger partial charge in [0.25, 0.3) is 5.91 Å². The van der Waals surface area contributed by atoms with Crippen LogP contribution >= 0.6 is 0 Å². The highest BCUT2D eigenvalue weighted by atomic mass is 19.1. The van der Waals surface area contributed by atoms with Crippen molar-refractivity contribution < 1.29 is 19.4 Å². The quantitative estimate of drug-likeness (QED) is 0.873. The van der Waals surface area contributed by atoms with Crippen LogP contribution in [-0.4, -0.2) is 23.2 Å². The summed E-state index contributed by atoms with van der Waals surface area (Å²) in [6.45, 7) is 0. The standard InChI is InChI=1S/C14H12FNO3/c1-16(11-4-2-10(15)3-5-11)14(19)9-6-12(17)8-13(18)7-9/h2-8,17-18H,1H3. The summed E-state index contributed by atoms with van der Waals surface area (Å²) in [7, 11) is 1.52. The molecule has 0 atom stereocenters. The van der Waals surface area contributed by atoms with Crippen LogP contribution in [0.5, 0.6) is 11.5 Å². The highest BCUT2D eigenvalue weighted by Crippen LogP contribution is 2.23. The molecule has 2 aromatic carbocycles. The number of rotatable bonds is 2. The molecule has 0 radical (unpaired) electrons. The Morgan fingerprint density at radius 2 is 1.58 bits per heavy atom. The Bertz CT molecular complexity index is 590. The Morgan fingerprint density at radius 3 is 2.11 bits per heavy atom. The molecule has 2 N–H and O–H groups in total. The lowest BCUT2D eigenvalue weighted by Gasteiger charge is -2.17. The molecule has 4 nitrogen and oxygen atoms in total. The molecule has 2 rings (SSSR count). The molecule has 0 saturated carbocycles. The van der Waals surface area contributed by atoms with Gasteiger partial charge in [0.2, 0.25) is 0 Å². The van der Waals surface area contributed by atoms with Crippen LogP contribution in [0.1, 0.15) is 10.4 Å². The molecular formula is C14H12FNO3. The first-order valence-electron chi connectivity index (χ1n) is 5.54. The molecule has 0 aliphatic heterocycles. The smallest absolute Gasteiger partial charge is 0.258 e. The van der Waals surface area contributed by atoms with E-state index >= 15 is 0 Å². The van der Waals surface area contributed by atoms with Crippen LogP contribution in [0.2, 0.25) is 0 Å². The van der Waals surface area contributed by atoms with E-state index in [0.717, 1.165) is 6.07 Å². The molecule has 1 amide bonds. The minimum absolute atomic E-state index is 0.143. The lowest BCUT2D eigenvalue weighted by atomic mass is 10.1. The summed E-state index contributed by atoms with van der Waals surface area (Å²) in [6.07, 6.45) is 0. The topological polar surface area (TPSA) is 60.8 Å². The van der Waals surface area contributed by atoms with Crippen molar-refractivity contribution in [2.45, 2.75) is 0 Å². The van der Waals surface area contributed by atoms with Crippen molar-refractivity contribution in [2.75, 3.05) is 11.9 Å². The second-order valence-electron chi connectivity index (χ2n) is 4.08. The van der Waals surface area contributed by atoms with Crippen LogP contribution in [0.15, 0.2) is 42.5 Å². The minimum Gasteiger partial charge on any atom is -0.508 e. The van der Waals surface area contributed by atoms with Gasteiger partial charge in [0, 0.05) is 24.4 Å². The van der Waals surface area contributed by atoms with Crippen LogP contribution < -0.4 is 4.90 Å². The minimum atomic E-state index is -0.419. The SMILES string of the molecule is CN(C(=O)c1cc(O)cc(O)c1)c1ccc(F)cc1. The van der Waals surface area contributed by atoms with Gasteiger partial charge >= 0.3 is 0 Å². The van der Waals surface area contributed by atoms with E-state index in [4.69, 9.17) is 0 Å². The highest BCUT2D eigenvalue weighted by molar-refractivity contribution is 6.06. The summed E-state index contributed by atoms with van der Waals surface area (Å²) in [4.78, 5) is 13.4. The van der Waals surface area contributed by atoms with Crippen LogP contribution in [0.25, 0.3) is 0 Å². The largest absolute Gasteiger partial charge is 0.508 e. The number of hydrogen-bond acceptors (Lipinski definition) is 3. The fourth-order valence-corrected chi connectivity index (χ4v) is 1.69. The molecule has 2 aromatic rings. The van der Waals surface area contributed by atoms with Crippen molar-refractivity contribution in [3.8, 4) is 11.5 Å². The third-order valence-electron chi connectivity index (χ3n) is 2.67. The number of benzene rings is 2. The third-order valence-corrected chi connectivity index (χ3v) is 2.67. The summed E-state index contributed by atoms with van der Waals surface area (Å²) in [5.41, 5.74) is 0.651. The molecule has 0 aliphatic carbocycles. The van der Waals surface area contributed by atoms with Gasteiger partial charge in [-0.05, 0) is 36.4 Å². The van der Waals surface area contributed by atoms with E-state index in [0.29, 0.717) is 5.69 Å². The number of nitrogens with zero attached hydrogens (tertiary/aromatic N) is 1. The zero-order valence-corrected chi connectivity index (χ0v) is 10.2. The Labute approximate surface area is 109 Å². The molecule has 0 heterocycles. The van der Waals surface area contributed by atoms with E-state index in [1.165, 1.54) is 48.3 Å². The number of carbonyl (C=O) groups is 1. The molecular weight excluding hydrogens is 249 g/mol. The maximum atomic E-state index is 12.8. The molecule has 0 aliphatic rings. The number of phenols is 2. The molecule has 0 unspecified atom stereocenters. The summed E-state index contributed by atoms with van der Waals surface area (Å²) in [5, 5.41) is 18.7. The normalized spacial score (nSPS) is 10.2. The number of phenolic OH excluding ortho intramolecular Hbond substituents is 2. The van der Waals surface area contributed by atoms with Crippen molar-refractivity contribution in [3.63, 3.8) is 0 Å². The second kappa shape index (κ2) is 4.97. The average molecular weight is 261 g/mol. The summed E-state index contributed by atoms with van der Waals surface area (Å²) in [6, 6.07) is 9.07. The molecule has 98 valence electrons. The fraction of sp³-hybridized carbons (Fsp3) is 0.0714. The first-order valence-corrected chi connectivity index (χ1v) is 5.54. The van der Waals surface area contributed by atoms with Gasteiger partial charge in [-0.1, -0.05) is 0 Å². The molecule has 0 aromatic heterocycles. The predicted molar refractivity (Wildman–Crippen MR) is 68.9 cm³/mol. The molecule has 19 heavy (non-hydrogen) atoms. The Morgan fingerprint density at radius 1 is 1.05 bits per heavy atom. The maximum absolute atomic E-state index is 12.8. The van der Waals surface area contributed by atoms with E-state index in [-0.39, 0.29) is 22.9 Å². The van der Waals surface area contributed by atoms with Gasteiger partial charge in [-0.2, -0.15) is 0 Å². The maximum Gasteiger partial charge on any atom is 0.258 e. The second-order valence-corrected chi connectivity index (χ2v) is 4.08. The molecule has 5 heteroatoms. The van der Waals surface area contributed by atoms with Crippen LogP contribution in [0, 0.1) is 5.82 Å². The van der Waals surface area contributed by atoms with Crippen LogP contribution in [0.3, 0.4) is 0 Å². The van der Waals surface area contributed by atoms with Crippen molar-refractivity contribution in [2.24, 2.45) is 0 Å². The van der Waals surface area contributed by atoms with Gasteiger partial charge in [-0.15, -0.1) is 0 Å². The fourth-order valence-electron chi connectivity index (χ4n) is 1.69. The third kappa shape index (κ3) is 2.82. The Hall–Kier alpha value is -2.56. The lowest BCUT2D eigenvalue weighted by molar-refractivity contribution is 0.0992. The zero-order valence-electron chi connectivity index (χ0n) is 10.2. The molecule has 0 fully saturated rings. The molecule has 0 spiro atoms. The number of anilines is 1. The number of halogens is 1. The van der Waals surface area contributed by atoms with Gasteiger partial charge in [0.05, 0.1) is 0 Å². The first kappa shape index (κ1) is 12.9. The van der Waals surface area contributed by atoms with E-state index in [1.807, 2.05) is 0 Å². The molecule has 0 saturated heterocycles. The van der Waals surface area contributed by atoms with Crippen molar-refractivity contribution in [3.05, 3.63) is 53.8 Å². The van der Waals surface area contributed by atoms with E-state index in [9.17, 15) is 19.4 Å². The number of amides is 1. The van der Waals surface area contributed by atoms with Gasteiger partial charge < -0.3 is 15.1 Å². The Balaban J connectivity index is 2.30. The summed E-state index contributed by atoms with van der Waals surface area (Å²) < 4.78 is 12.8. The number of hydrogen-bond donors (Lipinski definition) is 2. The molecule has 0 bridgehead atoms. The first-order chi connectivity index (χ1) is 8.97. The van der Waals surface area contributed by atoms with Gasteiger partial charge in [-0.25, -0.2) is 4.39 Å². The predicted octanol–water partition coefficient (Wildman–Crippen LogP) is 2.51. The van der Waals surface area contributed by atoms with Gasteiger partial charge in [0.15, 0.2) is 0 Å². The van der Waals surface area contributed by atoms with E-state index in [2.05, 4.69) is 0 Å². The van der Waals surface area contributed by atoms with Crippen molar-refractivity contribution in [1.82, 2.24) is 0 Å². The van der Waals surface area contributed by atoms with E-state index in [1.54, 1.807) is 0 Å². The summed E-state index contributed by atoms with van der Waals surface area (Å²) >= 11 is 0.